The second-order valence-electron chi connectivity index (χ2n) is 4.61. The molecule has 0 spiro atoms. The summed E-state index contributed by atoms with van der Waals surface area (Å²) in [5.74, 6) is -1.55. The largest absolute Gasteiger partial charge is 0.419 e. The molecule has 0 amide bonds. The first-order chi connectivity index (χ1) is 8.93. The Hall–Kier alpha value is -1.14. The topological polar surface area (TPSA) is 29.5 Å². The smallest absolute Gasteiger partial charge is 0.396 e. The number of ether oxygens (including phenoxy) is 1. The van der Waals surface area contributed by atoms with Crippen LogP contribution in [0.5, 0.6) is 0 Å². The summed E-state index contributed by atoms with van der Waals surface area (Å²) in [5, 5.41) is 9.23. The van der Waals surface area contributed by atoms with E-state index in [0.29, 0.717) is 13.0 Å². The third-order valence-corrected chi connectivity index (χ3v) is 3.30. The van der Waals surface area contributed by atoms with Crippen LogP contribution < -0.4 is 0 Å². The number of alkyl halides is 3. The van der Waals surface area contributed by atoms with E-state index < -0.39 is 23.7 Å². The van der Waals surface area contributed by atoms with Crippen LogP contribution in [0.4, 0.5) is 17.6 Å². The molecule has 0 radical (unpaired) electrons. The van der Waals surface area contributed by atoms with Crippen LogP contribution in [0.1, 0.15) is 30.1 Å². The highest BCUT2D eigenvalue weighted by Crippen LogP contribution is 2.37. The first-order valence-electron chi connectivity index (χ1n) is 6.02. The number of halogens is 4. The molecule has 1 aromatic carbocycles. The highest BCUT2D eigenvalue weighted by Gasteiger charge is 2.36. The minimum Gasteiger partial charge on any atom is -0.396 e. The van der Waals surface area contributed by atoms with E-state index in [4.69, 9.17) is 4.74 Å². The van der Waals surface area contributed by atoms with Gasteiger partial charge < -0.3 is 9.84 Å². The van der Waals surface area contributed by atoms with Crippen LogP contribution in [-0.4, -0.2) is 18.3 Å². The lowest BCUT2D eigenvalue weighted by molar-refractivity contribution is -0.140. The van der Waals surface area contributed by atoms with E-state index in [1.807, 2.05) is 0 Å². The van der Waals surface area contributed by atoms with E-state index >= 15 is 0 Å². The minimum absolute atomic E-state index is 0.163. The van der Waals surface area contributed by atoms with Crippen molar-refractivity contribution in [1.82, 2.24) is 0 Å². The Kier molecular flexibility index (Phi) is 4.10. The van der Waals surface area contributed by atoms with Gasteiger partial charge in [-0.3, -0.25) is 0 Å². The molecule has 1 heterocycles. The lowest BCUT2D eigenvalue weighted by Crippen LogP contribution is -2.25. The lowest BCUT2D eigenvalue weighted by Gasteiger charge is -2.31. The highest BCUT2D eigenvalue weighted by molar-refractivity contribution is 5.29. The number of hydrogen-bond donors (Lipinski definition) is 1. The fraction of sp³-hybridized carbons (Fsp3) is 0.538. The predicted molar refractivity (Wildman–Crippen MR) is 59.9 cm³/mol. The molecule has 2 rings (SSSR count). The van der Waals surface area contributed by atoms with E-state index in [2.05, 4.69) is 0 Å². The van der Waals surface area contributed by atoms with Crippen LogP contribution in [0.2, 0.25) is 0 Å². The third kappa shape index (κ3) is 3.06. The van der Waals surface area contributed by atoms with Crippen LogP contribution in [0, 0.1) is 11.7 Å². The summed E-state index contributed by atoms with van der Waals surface area (Å²) < 4.78 is 56.6. The molecule has 0 bridgehead atoms. The molecule has 0 unspecified atom stereocenters. The second kappa shape index (κ2) is 5.46. The maximum absolute atomic E-state index is 13.2. The Morgan fingerprint density at radius 1 is 1.32 bits per heavy atom. The van der Waals surface area contributed by atoms with Crippen molar-refractivity contribution in [3.8, 4) is 0 Å². The van der Waals surface area contributed by atoms with Crippen molar-refractivity contribution in [2.75, 3.05) is 13.2 Å². The number of benzene rings is 1. The molecular weight excluding hydrogens is 264 g/mol. The first-order valence-corrected chi connectivity index (χ1v) is 6.02. The number of rotatable bonds is 2. The Bertz CT molecular complexity index is 445. The van der Waals surface area contributed by atoms with E-state index in [1.165, 1.54) is 6.07 Å². The molecule has 1 aromatic rings. The molecule has 0 aromatic heterocycles. The van der Waals surface area contributed by atoms with Gasteiger partial charge in [-0.25, -0.2) is 4.39 Å². The molecule has 1 N–H and O–H groups in total. The first kappa shape index (κ1) is 14.3. The van der Waals surface area contributed by atoms with Gasteiger partial charge in [-0.1, -0.05) is 6.07 Å². The standard InChI is InChI=1S/C13H14F4O2/c14-11-4-3-8(6-10(11)13(15,16)17)12-9(7-18)2-1-5-19-12/h3-4,6,9,12,18H,1-2,5,7H2/t9-,12-/m0/s1. The molecule has 19 heavy (non-hydrogen) atoms. The molecule has 106 valence electrons. The molecule has 1 aliphatic heterocycles. The summed E-state index contributed by atoms with van der Waals surface area (Å²) >= 11 is 0. The van der Waals surface area contributed by atoms with Gasteiger partial charge in [-0.05, 0) is 30.5 Å². The number of aliphatic hydroxyl groups is 1. The third-order valence-electron chi connectivity index (χ3n) is 3.30. The van der Waals surface area contributed by atoms with Crippen molar-refractivity contribution < 1.29 is 27.4 Å². The van der Waals surface area contributed by atoms with Crippen LogP contribution in [0.3, 0.4) is 0 Å². The second-order valence-corrected chi connectivity index (χ2v) is 4.61. The summed E-state index contributed by atoms with van der Waals surface area (Å²) in [6, 6.07) is 2.85. The quantitative estimate of drug-likeness (QED) is 0.841. The molecule has 6 heteroatoms. The summed E-state index contributed by atoms with van der Waals surface area (Å²) in [4.78, 5) is 0. The van der Waals surface area contributed by atoms with Gasteiger partial charge >= 0.3 is 6.18 Å². The summed E-state index contributed by atoms with van der Waals surface area (Å²) in [6.45, 7) is 0.267. The average molecular weight is 278 g/mol. The van der Waals surface area contributed by atoms with Gasteiger partial charge in [0.05, 0.1) is 11.7 Å². The van der Waals surface area contributed by atoms with Gasteiger partial charge in [-0.15, -0.1) is 0 Å². The minimum atomic E-state index is -4.73. The van der Waals surface area contributed by atoms with Crippen molar-refractivity contribution in [2.24, 2.45) is 5.92 Å². The zero-order valence-corrected chi connectivity index (χ0v) is 10.1. The van der Waals surface area contributed by atoms with Gasteiger partial charge in [0.25, 0.3) is 0 Å². The zero-order chi connectivity index (χ0) is 14.0. The summed E-state index contributed by atoms with van der Waals surface area (Å²) in [5.41, 5.74) is -1.04. The van der Waals surface area contributed by atoms with Crippen LogP contribution in [0.15, 0.2) is 18.2 Å². The van der Waals surface area contributed by atoms with E-state index in [1.54, 1.807) is 0 Å². The van der Waals surface area contributed by atoms with Crippen molar-refractivity contribution in [2.45, 2.75) is 25.1 Å². The molecule has 0 aliphatic carbocycles. The number of hydrogen-bond acceptors (Lipinski definition) is 2. The van der Waals surface area contributed by atoms with Gasteiger partial charge in [-0.2, -0.15) is 13.2 Å². The molecule has 2 atom stereocenters. The summed E-state index contributed by atoms with van der Waals surface area (Å²) in [6.07, 6.45) is -3.90. The normalized spacial score (nSPS) is 24.5. The SMILES string of the molecule is OC[C@@H]1CCCO[C@H]1c1ccc(F)c(C(F)(F)F)c1. The monoisotopic (exact) mass is 278 g/mol. The highest BCUT2D eigenvalue weighted by atomic mass is 19.4. The summed E-state index contributed by atoms with van der Waals surface area (Å²) in [7, 11) is 0. The average Bonchev–Trinajstić information content (AvgIpc) is 2.38. The van der Waals surface area contributed by atoms with Crippen LogP contribution in [0.25, 0.3) is 0 Å². The van der Waals surface area contributed by atoms with Gasteiger partial charge in [0.1, 0.15) is 5.82 Å². The fourth-order valence-electron chi connectivity index (χ4n) is 2.34. The van der Waals surface area contributed by atoms with E-state index in [-0.39, 0.29) is 18.1 Å². The fourth-order valence-corrected chi connectivity index (χ4v) is 2.34. The molecule has 2 nitrogen and oxygen atoms in total. The van der Waals surface area contributed by atoms with E-state index in [0.717, 1.165) is 18.6 Å². The molecular formula is C13H14F4O2. The van der Waals surface area contributed by atoms with Gasteiger partial charge in [0.2, 0.25) is 0 Å². The van der Waals surface area contributed by atoms with Gasteiger partial charge in [0.15, 0.2) is 0 Å². The van der Waals surface area contributed by atoms with E-state index in [9.17, 15) is 22.7 Å². The maximum Gasteiger partial charge on any atom is 0.419 e. The Morgan fingerprint density at radius 2 is 2.05 bits per heavy atom. The zero-order valence-electron chi connectivity index (χ0n) is 10.1. The van der Waals surface area contributed by atoms with Crippen LogP contribution >= 0.6 is 0 Å². The predicted octanol–water partition coefficient (Wildman–Crippen LogP) is 3.30. The van der Waals surface area contributed by atoms with Crippen molar-refractivity contribution >= 4 is 0 Å². The molecule has 1 saturated heterocycles. The van der Waals surface area contributed by atoms with Crippen LogP contribution in [-0.2, 0) is 10.9 Å². The molecule has 1 fully saturated rings. The Balaban J connectivity index is 2.34. The molecule has 0 saturated carbocycles. The van der Waals surface area contributed by atoms with Crippen molar-refractivity contribution in [1.29, 1.82) is 0 Å². The van der Waals surface area contributed by atoms with Crippen molar-refractivity contribution in [3.63, 3.8) is 0 Å². The molecule has 1 aliphatic rings. The Morgan fingerprint density at radius 3 is 2.68 bits per heavy atom. The lowest BCUT2D eigenvalue weighted by atomic mass is 9.89. The van der Waals surface area contributed by atoms with Crippen molar-refractivity contribution in [3.05, 3.63) is 35.1 Å². The van der Waals surface area contributed by atoms with Gasteiger partial charge in [0, 0.05) is 19.1 Å². The Labute approximate surface area is 108 Å². The maximum atomic E-state index is 13.2. The number of aliphatic hydroxyl groups excluding tert-OH is 1.